The Morgan fingerprint density at radius 3 is 3.00 bits per heavy atom. The molecule has 1 rings (SSSR count). The average molecular weight is 169 g/mol. The van der Waals surface area contributed by atoms with Crippen LogP contribution in [-0.4, -0.2) is 26.9 Å². The van der Waals surface area contributed by atoms with Gasteiger partial charge in [0.15, 0.2) is 0 Å². The van der Waals surface area contributed by atoms with E-state index >= 15 is 0 Å². The topological polar surface area (TPSA) is 81.1 Å². The van der Waals surface area contributed by atoms with Crippen LogP contribution in [0.25, 0.3) is 0 Å². The summed E-state index contributed by atoms with van der Waals surface area (Å²) in [5.74, 6) is -0.987. The summed E-state index contributed by atoms with van der Waals surface area (Å²) in [5.41, 5.74) is 6.16. The fraction of sp³-hybridized carbons (Fsp3) is 0.429. The van der Waals surface area contributed by atoms with Gasteiger partial charge in [0.25, 0.3) is 0 Å². The molecule has 1 heterocycles. The number of nitrogens with zero attached hydrogens (tertiary/aromatic N) is 2. The van der Waals surface area contributed by atoms with Crippen molar-refractivity contribution in [3.8, 4) is 0 Å². The van der Waals surface area contributed by atoms with Crippen LogP contribution in [0.1, 0.15) is 5.56 Å². The van der Waals surface area contributed by atoms with E-state index in [0.717, 1.165) is 5.56 Å². The molecule has 3 N–H and O–H groups in total. The lowest BCUT2D eigenvalue weighted by atomic mass is 10.1. The van der Waals surface area contributed by atoms with Crippen LogP contribution in [0.3, 0.4) is 0 Å². The summed E-state index contributed by atoms with van der Waals surface area (Å²) in [6.07, 6.45) is 3.69. The zero-order chi connectivity index (χ0) is 9.14. The molecule has 1 unspecified atom stereocenters. The lowest BCUT2D eigenvalue weighted by molar-refractivity contribution is -0.138. The van der Waals surface area contributed by atoms with Gasteiger partial charge in [-0.05, 0) is 5.56 Å². The van der Waals surface area contributed by atoms with Crippen molar-refractivity contribution >= 4 is 5.97 Å². The molecule has 12 heavy (non-hydrogen) atoms. The molecule has 0 aliphatic carbocycles. The van der Waals surface area contributed by atoms with Crippen molar-refractivity contribution in [3.05, 3.63) is 18.0 Å². The first-order chi connectivity index (χ1) is 5.59. The third-order valence-electron chi connectivity index (χ3n) is 1.53. The van der Waals surface area contributed by atoms with Crippen molar-refractivity contribution in [1.82, 2.24) is 9.78 Å². The number of carboxylic acid groups (broad SMARTS) is 1. The van der Waals surface area contributed by atoms with Gasteiger partial charge in [0.1, 0.15) is 6.04 Å². The summed E-state index contributed by atoms with van der Waals surface area (Å²) in [5, 5.41) is 12.4. The molecule has 0 saturated heterocycles. The molecule has 0 radical (unpaired) electrons. The van der Waals surface area contributed by atoms with Gasteiger partial charge in [-0.1, -0.05) is 0 Å². The second-order valence-corrected chi connectivity index (χ2v) is 2.67. The molecular weight excluding hydrogens is 158 g/mol. The van der Waals surface area contributed by atoms with Crippen molar-refractivity contribution in [2.75, 3.05) is 0 Å². The Hall–Kier alpha value is -1.36. The number of nitrogens with two attached hydrogens (primary N) is 1. The number of aryl methyl sites for hydroxylation is 1. The molecule has 0 saturated carbocycles. The molecule has 0 fully saturated rings. The highest BCUT2D eigenvalue weighted by Crippen LogP contribution is 1.99. The minimum absolute atomic E-state index is 0.323. The fourth-order valence-corrected chi connectivity index (χ4v) is 0.919. The number of aromatic nitrogens is 2. The standard InChI is InChI=1S/C7H11N3O2/c1-10-4-5(3-9-10)2-6(8)7(11)12/h3-4,6H,2,8H2,1H3,(H,11,12). The molecule has 0 aromatic carbocycles. The van der Waals surface area contributed by atoms with Gasteiger partial charge >= 0.3 is 5.97 Å². The molecule has 0 amide bonds. The van der Waals surface area contributed by atoms with E-state index in [1.165, 1.54) is 0 Å². The number of aliphatic carboxylic acids is 1. The number of carbonyl (C=O) groups is 1. The summed E-state index contributed by atoms with van der Waals surface area (Å²) in [6.45, 7) is 0. The van der Waals surface area contributed by atoms with Gasteiger partial charge in [0.2, 0.25) is 0 Å². The van der Waals surface area contributed by atoms with Crippen molar-refractivity contribution in [3.63, 3.8) is 0 Å². The van der Waals surface area contributed by atoms with Gasteiger partial charge < -0.3 is 10.8 Å². The van der Waals surface area contributed by atoms with E-state index in [4.69, 9.17) is 10.8 Å². The van der Waals surface area contributed by atoms with Crippen molar-refractivity contribution in [1.29, 1.82) is 0 Å². The van der Waals surface area contributed by atoms with Crippen molar-refractivity contribution < 1.29 is 9.90 Å². The second kappa shape index (κ2) is 3.36. The summed E-state index contributed by atoms with van der Waals surface area (Å²) >= 11 is 0. The maximum atomic E-state index is 10.4. The van der Waals surface area contributed by atoms with E-state index in [1.807, 2.05) is 0 Å². The number of hydrogen-bond acceptors (Lipinski definition) is 3. The molecule has 1 atom stereocenters. The first-order valence-electron chi connectivity index (χ1n) is 3.55. The molecule has 0 spiro atoms. The number of hydrogen-bond donors (Lipinski definition) is 2. The third kappa shape index (κ3) is 2.06. The van der Waals surface area contributed by atoms with Gasteiger partial charge in [0.05, 0.1) is 6.20 Å². The number of carboxylic acids is 1. The van der Waals surface area contributed by atoms with Gasteiger partial charge in [-0.3, -0.25) is 9.48 Å². The summed E-state index contributed by atoms with van der Waals surface area (Å²) in [4.78, 5) is 10.4. The highest BCUT2D eigenvalue weighted by atomic mass is 16.4. The van der Waals surface area contributed by atoms with Crippen LogP contribution in [0.4, 0.5) is 0 Å². The van der Waals surface area contributed by atoms with Crippen LogP contribution in [0.15, 0.2) is 12.4 Å². The van der Waals surface area contributed by atoms with Crippen LogP contribution >= 0.6 is 0 Å². The lowest BCUT2D eigenvalue weighted by Gasteiger charge is -2.02. The first kappa shape index (κ1) is 8.73. The van der Waals surface area contributed by atoms with E-state index in [1.54, 1.807) is 24.1 Å². The predicted octanol–water partition coefficient (Wildman–Crippen LogP) is -0.626. The largest absolute Gasteiger partial charge is 0.480 e. The second-order valence-electron chi connectivity index (χ2n) is 2.67. The summed E-state index contributed by atoms with van der Waals surface area (Å²) in [6, 6.07) is -0.839. The Labute approximate surface area is 69.8 Å². The van der Waals surface area contributed by atoms with E-state index < -0.39 is 12.0 Å². The van der Waals surface area contributed by atoms with E-state index in [2.05, 4.69) is 5.10 Å². The molecule has 0 aliphatic rings. The highest BCUT2D eigenvalue weighted by Gasteiger charge is 2.12. The Bertz CT molecular complexity index is 282. The fourth-order valence-electron chi connectivity index (χ4n) is 0.919. The van der Waals surface area contributed by atoms with Crippen LogP contribution in [-0.2, 0) is 18.3 Å². The lowest BCUT2D eigenvalue weighted by Crippen LogP contribution is -2.32. The Morgan fingerprint density at radius 2 is 2.58 bits per heavy atom. The Kier molecular flexibility index (Phi) is 2.44. The van der Waals surface area contributed by atoms with E-state index in [9.17, 15) is 4.79 Å². The monoisotopic (exact) mass is 169 g/mol. The van der Waals surface area contributed by atoms with Crippen LogP contribution in [0.2, 0.25) is 0 Å². The minimum Gasteiger partial charge on any atom is -0.480 e. The van der Waals surface area contributed by atoms with Crippen LogP contribution in [0.5, 0.6) is 0 Å². The quantitative estimate of drug-likeness (QED) is 0.631. The molecule has 5 heteroatoms. The van der Waals surface area contributed by atoms with Crippen LogP contribution < -0.4 is 5.73 Å². The maximum absolute atomic E-state index is 10.4. The number of rotatable bonds is 3. The minimum atomic E-state index is -0.987. The van der Waals surface area contributed by atoms with Crippen LogP contribution in [0, 0.1) is 0 Å². The maximum Gasteiger partial charge on any atom is 0.320 e. The zero-order valence-corrected chi connectivity index (χ0v) is 6.77. The van der Waals surface area contributed by atoms with Gasteiger partial charge in [-0.2, -0.15) is 5.10 Å². The van der Waals surface area contributed by atoms with Crippen molar-refractivity contribution in [2.45, 2.75) is 12.5 Å². The molecule has 0 bridgehead atoms. The molecule has 5 nitrogen and oxygen atoms in total. The molecule has 1 aromatic rings. The Balaban J connectivity index is 2.58. The smallest absolute Gasteiger partial charge is 0.320 e. The molecular formula is C7H11N3O2. The zero-order valence-electron chi connectivity index (χ0n) is 6.77. The van der Waals surface area contributed by atoms with E-state index in [0.29, 0.717) is 6.42 Å². The average Bonchev–Trinajstić information content (AvgIpc) is 2.35. The predicted molar refractivity (Wildman–Crippen MR) is 42.5 cm³/mol. The Morgan fingerprint density at radius 1 is 1.92 bits per heavy atom. The van der Waals surface area contributed by atoms with Gasteiger partial charge in [-0.15, -0.1) is 0 Å². The van der Waals surface area contributed by atoms with E-state index in [-0.39, 0.29) is 0 Å². The third-order valence-corrected chi connectivity index (χ3v) is 1.53. The van der Waals surface area contributed by atoms with Gasteiger partial charge in [-0.25, -0.2) is 0 Å². The normalized spacial score (nSPS) is 12.8. The summed E-state index contributed by atoms with van der Waals surface area (Å²) < 4.78 is 1.61. The molecule has 0 aliphatic heterocycles. The van der Waals surface area contributed by atoms with Crippen molar-refractivity contribution in [2.24, 2.45) is 12.8 Å². The van der Waals surface area contributed by atoms with Gasteiger partial charge in [0, 0.05) is 19.7 Å². The SMILES string of the molecule is Cn1cc(CC(N)C(=O)O)cn1. The molecule has 1 aromatic heterocycles. The summed E-state index contributed by atoms with van der Waals surface area (Å²) in [7, 11) is 1.77. The highest BCUT2D eigenvalue weighted by molar-refractivity contribution is 5.73. The first-order valence-corrected chi connectivity index (χ1v) is 3.55. The molecule has 66 valence electrons.